The molecule has 2 aromatic rings. The van der Waals surface area contributed by atoms with Gasteiger partial charge in [0.2, 0.25) is 0 Å². The lowest BCUT2D eigenvalue weighted by molar-refractivity contribution is 0.247. The third-order valence-corrected chi connectivity index (χ3v) is 4.79. The number of benzene rings is 1. The predicted molar refractivity (Wildman–Crippen MR) is 84.5 cm³/mol. The van der Waals surface area contributed by atoms with Gasteiger partial charge in [0.1, 0.15) is 4.99 Å². The van der Waals surface area contributed by atoms with E-state index < -0.39 is 0 Å². The summed E-state index contributed by atoms with van der Waals surface area (Å²) in [5.41, 5.74) is 9.37. The van der Waals surface area contributed by atoms with Gasteiger partial charge in [-0.3, -0.25) is 4.90 Å². The second kappa shape index (κ2) is 5.41. The van der Waals surface area contributed by atoms with Crippen molar-refractivity contribution in [2.45, 2.75) is 19.5 Å². The fourth-order valence-corrected chi connectivity index (χ4v) is 3.50. The Hall–Kier alpha value is -1.23. The molecule has 0 unspecified atom stereocenters. The molecule has 0 atom stereocenters. The number of thiocarbonyl (C=S) groups is 1. The topological polar surface area (TPSA) is 29.3 Å². The quantitative estimate of drug-likeness (QED) is 0.881. The third-order valence-electron chi connectivity index (χ3n) is 3.53. The molecule has 0 fully saturated rings. The predicted octanol–water partition coefficient (Wildman–Crippen LogP) is 2.94. The molecule has 1 aromatic carbocycles. The fourth-order valence-electron chi connectivity index (χ4n) is 2.47. The van der Waals surface area contributed by atoms with Gasteiger partial charge in [-0.2, -0.15) is 0 Å². The molecule has 0 amide bonds. The van der Waals surface area contributed by atoms with Crippen molar-refractivity contribution in [2.24, 2.45) is 5.73 Å². The van der Waals surface area contributed by atoms with E-state index in [0.29, 0.717) is 4.99 Å². The van der Waals surface area contributed by atoms with Crippen molar-refractivity contribution in [1.82, 2.24) is 4.90 Å². The highest BCUT2D eigenvalue weighted by atomic mass is 32.1. The van der Waals surface area contributed by atoms with Gasteiger partial charge in [-0.1, -0.05) is 36.5 Å². The van der Waals surface area contributed by atoms with E-state index in [1.807, 2.05) is 23.5 Å². The van der Waals surface area contributed by atoms with Crippen molar-refractivity contribution in [3.8, 4) is 0 Å². The van der Waals surface area contributed by atoms with Gasteiger partial charge in [0, 0.05) is 30.1 Å². The van der Waals surface area contributed by atoms with Crippen LogP contribution in [0.3, 0.4) is 0 Å². The molecule has 1 aromatic heterocycles. The normalized spacial score (nSPS) is 15.2. The molecule has 2 heterocycles. The van der Waals surface area contributed by atoms with E-state index in [1.54, 1.807) is 4.88 Å². The summed E-state index contributed by atoms with van der Waals surface area (Å²) < 4.78 is 0. The first-order valence-corrected chi connectivity index (χ1v) is 7.67. The van der Waals surface area contributed by atoms with Gasteiger partial charge >= 0.3 is 0 Å². The zero-order valence-electron chi connectivity index (χ0n) is 10.6. The van der Waals surface area contributed by atoms with E-state index in [4.69, 9.17) is 18.0 Å². The minimum Gasteiger partial charge on any atom is -0.389 e. The molecule has 1 aliphatic heterocycles. The fraction of sp³-hybridized carbons (Fsp3) is 0.267. The van der Waals surface area contributed by atoms with Crippen molar-refractivity contribution >= 4 is 28.5 Å². The zero-order valence-corrected chi connectivity index (χ0v) is 12.3. The van der Waals surface area contributed by atoms with Crippen molar-refractivity contribution < 1.29 is 0 Å². The molecule has 0 bridgehead atoms. The Labute approximate surface area is 122 Å². The van der Waals surface area contributed by atoms with E-state index >= 15 is 0 Å². The minimum absolute atomic E-state index is 0.465. The molecular formula is C15H16N2S2. The molecule has 0 saturated heterocycles. The summed E-state index contributed by atoms with van der Waals surface area (Å²) in [6, 6.07) is 10.5. The monoisotopic (exact) mass is 288 g/mol. The van der Waals surface area contributed by atoms with Crippen LogP contribution in [0.5, 0.6) is 0 Å². The molecule has 0 spiro atoms. The van der Waals surface area contributed by atoms with Gasteiger partial charge in [0.05, 0.1) is 0 Å². The molecule has 98 valence electrons. The lowest BCUT2D eigenvalue weighted by Gasteiger charge is -2.26. The first-order valence-electron chi connectivity index (χ1n) is 6.39. The Morgan fingerprint density at radius 2 is 2.05 bits per heavy atom. The molecule has 2 nitrogen and oxygen atoms in total. The average molecular weight is 288 g/mol. The van der Waals surface area contributed by atoms with Crippen molar-refractivity contribution in [3.05, 3.63) is 57.3 Å². The van der Waals surface area contributed by atoms with Crippen LogP contribution < -0.4 is 5.73 Å². The van der Waals surface area contributed by atoms with Crippen LogP contribution in [-0.2, 0) is 19.5 Å². The van der Waals surface area contributed by atoms with Gasteiger partial charge in [-0.25, -0.2) is 0 Å². The van der Waals surface area contributed by atoms with Crippen LogP contribution in [0.2, 0.25) is 0 Å². The van der Waals surface area contributed by atoms with E-state index in [0.717, 1.165) is 25.2 Å². The zero-order chi connectivity index (χ0) is 13.2. The third kappa shape index (κ3) is 2.86. The highest BCUT2D eigenvalue weighted by molar-refractivity contribution is 7.80. The Kier molecular flexibility index (Phi) is 3.64. The maximum absolute atomic E-state index is 5.61. The number of nitrogens with two attached hydrogens (primary N) is 1. The maximum Gasteiger partial charge on any atom is 0.103 e. The van der Waals surface area contributed by atoms with Gasteiger partial charge in [0.15, 0.2) is 0 Å². The van der Waals surface area contributed by atoms with Crippen LogP contribution in [-0.4, -0.2) is 16.4 Å². The number of hydrogen-bond acceptors (Lipinski definition) is 3. The summed E-state index contributed by atoms with van der Waals surface area (Å²) >= 11 is 6.85. The van der Waals surface area contributed by atoms with Crippen LogP contribution >= 0.6 is 23.6 Å². The second-order valence-corrected chi connectivity index (χ2v) is 6.33. The highest BCUT2D eigenvalue weighted by Crippen LogP contribution is 2.25. The Bertz CT molecular complexity index is 586. The molecule has 0 aliphatic carbocycles. The Morgan fingerprint density at radius 3 is 2.79 bits per heavy atom. The number of rotatable bonds is 3. The standard InChI is InChI=1S/C15H16N2S2/c16-15(18)12-3-1-11(2-4-12)9-17-7-5-14-13(10-17)6-8-19-14/h1-4,6,8H,5,7,9-10H2,(H2,16,18). The molecule has 4 heteroatoms. The van der Waals surface area contributed by atoms with Crippen LogP contribution in [0.25, 0.3) is 0 Å². The van der Waals surface area contributed by atoms with Crippen molar-refractivity contribution in [1.29, 1.82) is 0 Å². The summed E-state index contributed by atoms with van der Waals surface area (Å²) in [4.78, 5) is 4.51. The molecule has 3 rings (SSSR count). The molecule has 1 aliphatic rings. The van der Waals surface area contributed by atoms with Gasteiger partial charge < -0.3 is 5.73 Å². The van der Waals surface area contributed by atoms with E-state index in [2.05, 4.69) is 28.5 Å². The number of thiophene rings is 1. The van der Waals surface area contributed by atoms with Crippen LogP contribution in [0.15, 0.2) is 35.7 Å². The summed E-state index contributed by atoms with van der Waals surface area (Å²) in [5, 5.41) is 2.20. The summed E-state index contributed by atoms with van der Waals surface area (Å²) in [5.74, 6) is 0. The van der Waals surface area contributed by atoms with Gasteiger partial charge in [-0.15, -0.1) is 11.3 Å². The highest BCUT2D eigenvalue weighted by Gasteiger charge is 2.16. The van der Waals surface area contributed by atoms with Crippen molar-refractivity contribution in [3.63, 3.8) is 0 Å². The minimum atomic E-state index is 0.465. The lowest BCUT2D eigenvalue weighted by atomic mass is 10.1. The Balaban J connectivity index is 1.68. The number of hydrogen-bond donors (Lipinski definition) is 1. The van der Waals surface area contributed by atoms with Crippen LogP contribution in [0.4, 0.5) is 0 Å². The SMILES string of the molecule is NC(=S)c1ccc(CN2CCc3sccc3C2)cc1. The smallest absolute Gasteiger partial charge is 0.103 e. The summed E-state index contributed by atoms with van der Waals surface area (Å²) in [7, 11) is 0. The second-order valence-electron chi connectivity index (χ2n) is 4.89. The molecule has 0 saturated carbocycles. The molecule has 2 N–H and O–H groups in total. The maximum atomic E-state index is 5.61. The average Bonchev–Trinajstić information content (AvgIpc) is 2.87. The summed E-state index contributed by atoms with van der Waals surface area (Å²) in [6.07, 6.45) is 1.18. The molecule has 0 radical (unpaired) electrons. The first kappa shape index (κ1) is 12.8. The van der Waals surface area contributed by atoms with Gasteiger partial charge in [-0.05, 0) is 29.0 Å². The Morgan fingerprint density at radius 1 is 1.26 bits per heavy atom. The van der Waals surface area contributed by atoms with E-state index in [-0.39, 0.29) is 0 Å². The lowest BCUT2D eigenvalue weighted by Crippen LogP contribution is -2.29. The molecular weight excluding hydrogens is 272 g/mol. The summed E-state index contributed by atoms with van der Waals surface area (Å²) in [6.45, 7) is 3.20. The number of nitrogens with zero attached hydrogens (tertiary/aromatic N) is 1. The molecule has 19 heavy (non-hydrogen) atoms. The van der Waals surface area contributed by atoms with Gasteiger partial charge in [0.25, 0.3) is 0 Å². The number of fused-ring (bicyclic) bond motifs is 1. The first-order chi connectivity index (χ1) is 9.22. The van der Waals surface area contributed by atoms with Crippen LogP contribution in [0, 0.1) is 0 Å². The van der Waals surface area contributed by atoms with E-state index in [1.165, 1.54) is 17.5 Å². The van der Waals surface area contributed by atoms with E-state index in [9.17, 15) is 0 Å². The van der Waals surface area contributed by atoms with Crippen molar-refractivity contribution in [2.75, 3.05) is 6.54 Å². The van der Waals surface area contributed by atoms with Crippen LogP contribution in [0.1, 0.15) is 21.6 Å². The largest absolute Gasteiger partial charge is 0.389 e.